The number of nitrogens with zero attached hydrogens (tertiary/aromatic N) is 4. The van der Waals surface area contributed by atoms with Gasteiger partial charge in [0.1, 0.15) is 11.4 Å². The molecule has 0 aliphatic rings. The van der Waals surface area contributed by atoms with Crippen molar-refractivity contribution in [3.8, 4) is 5.69 Å². The zero-order valence-corrected chi connectivity index (χ0v) is 16.2. The van der Waals surface area contributed by atoms with Crippen molar-refractivity contribution >= 4 is 11.6 Å². The number of hydrogen-bond acceptors (Lipinski definition) is 3. The third-order valence-electron chi connectivity index (χ3n) is 4.77. The smallest absolute Gasteiger partial charge is 0.280 e. The Morgan fingerprint density at radius 3 is 2.42 bits per heavy atom. The van der Waals surface area contributed by atoms with Crippen molar-refractivity contribution in [2.24, 2.45) is 0 Å². The van der Waals surface area contributed by atoms with E-state index in [0.717, 1.165) is 17.3 Å². The van der Waals surface area contributed by atoms with Crippen LogP contribution in [0.5, 0.6) is 0 Å². The second kappa shape index (κ2) is 8.21. The minimum atomic E-state index is -3.06. The number of benzene rings is 1. The molecule has 4 aromatic rings. The van der Waals surface area contributed by atoms with E-state index in [9.17, 15) is 22.4 Å². The fraction of sp³-hybridized carbons (Fsp3) is 0.190. The molecule has 0 saturated carbocycles. The highest BCUT2D eigenvalue weighted by molar-refractivity contribution is 5.93. The molecular formula is C21H17F4N5O. The van der Waals surface area contributed by atoms with Gasteiger partial charge in [-0.3, -0.25) is 4.79 Å². The Bertz CT molecular complexity index is 1220. The highest BCUT2D eigenvalue weighted by atomic mass is 19.3. The fourth-order valence-electron chi connectivity index (χ4n) is 3.21. The van der Waals surface area contributed by atoms with Gasteiger partial charge in [-0.1, -0.05) is 12.1 Å². The van der Waals surface area contributed by atoms with Crippen LogP contribution in [0.2, 0.25) is 0 Å². The summed E-state index contributed by atoms with van der Waals surface area (Å²) in [5, 5.41) is 6.60. The van der Waals surface area contributed by atoms with E-state index in [0.29, 0.717) is 10.6 Å². The first kappa shape index (κ1) is 20.6. The summed E-state index contributed by atoms with van der Waals surface area (Å²) in [5.74, 6) is -0.636. The Morgan fingerprint density at radius 1 is 1.00 bits per heavy atom. The lowest BCUT2D eigenvalue weighted by Crippen LogP contribution is -2.27. The van der Waals surface area contributed by atoms with Crippen LogP contribution in [0.15, 0.2) is 60.9 Å². The molecule has 1 amide bonds. The highest BCUT2D eigenvalue weighted by Crippen LogP contribution is 2.25. The molecule has 0 aliphatic carbocycles. The number of hydrogen-bond donors (Lipinski definition) is 1. The lowest BCUT2D eigenvalue weighted by Gasteiger charge is -2.15. The SMILES string of the molecule is CC(NC(=O)c1cc2nc(C(F)F)cc(C(F)F)n2n1)c1cccc(-n2cccc2)c1. The maximum Gasteiger partial charge on any atom is 0.280 e. The van der Waals surface area contributed by atoms with Crippen molar-refractivity contribution in [2.45, 2.75) is 25.8 Å². The molecule has 0 aliphatic heterocycles. The Hall–Kier alpha value is -3.69. The summed E-state index contributed by atoms with van der Waals surface area (Å²) < 4.78 is 55.2. The van der Waals surface area contributed by atoms with Crippen LogP contribution in [-0.2, 0) is 0 Å². The number of nitrogens with one attached hydrogen (secondary N) is 1. The van der Waals surface area contributed by atoms with E-state index in [1.807, 2.05) is 53.4 Å². The summed E-state index contributed by atoms with van der Waals surface area (Å²) in [6, 6.07) is 12.6. The first-order valence-electron chi connectivity index (χ1n) is 9.34. The molecule has 1 atom stereocenters. The maximum atomic E-state index is 13.3. The Balaban J connectivity index is 1.60. The predicted molar refractivity (Wildman–Crippen MR) is 105 cm³/mol. The van der Waals surface area contributed by atoms with E-state index >= 15 is 0 Å². The fourth-order valence-corrected chi connectivity index (χ4v) is 3.21. The first-order valence-corrected chi connectivity index (χ1v) is 9.34. The molecule has 0 bridgehead atoms. The molecule has 0 fully saturated rings. The van der Waals surface area contributed by atoms with Gasteiger partial charge >= 0.3 is 0 Å². The van der Waals surface area contributed by atoms with Gasteiger partial charge in [-0.05, 0) is 42.8 Å². The predicted octanol–water partition coefficient (Wildman–Crippen LogP) is 4.89. The maximum absolute atomic E-state index is 13.3. The molecule has 0 radical (unpaired) electrons. The van der Waals surface area contributed by atoms with Crippen LogP contribution in [0.4, 0.5) is 17.6 Å². The molecule has 1 N–H and O–H groups in total. The molecular weight excluding hydrogens is 414 g/mol. The van der Waals surface area contributed by atoms with Crippen molar-refractivity contribution < 1.29 is 22.4 Å². The quantitative estimate of drug-likeness (QED) is 0.443. The molecule has 3 aromatic heterocycles. The molecule has 10 heteroatoms. The monoisotopic (exact) mass is 431 g/mol. The van der Waals surface area contributed by atoms with E-state index in [1.54, 1.807) is 6.92 Å². The molecule has 160 valence electrons. The topological polar surface area (TPSA) is 64.2 Å². The largest absolute Gasteiger partial charge is 0.344 e. The van der Waals surface area contributed by atoms with Crippen LogP contribution in [0.25, 0.3) is 11.3 Å². The average Bonchev–Trinajstić information content (AvgIpc) is 3.42. The minimum Gasteiger partial charge on any atom is -0.344 e. The molecule has 6 nitrogen and oxygen atoms in total. The van der Waals surface area contributed by atoms with Crippen molar-refractivity contribution in [1.29, 1.82) is 0 Å². The van der Waals surface area contributed by atoms with Gasteiger partial charge in [-0.15, -0.1) is 0 Å². The number of alkyl halides is 4. The summed E-state index contributed by atoms with van der Waals surface area (Å²) in [7, 11) is 0. The van der Waals surface area contributed by atoms with Crippen LogP contribution >= 0.6 is 0 Å². The number of amides is 1. The van der Waals surface area contributed by atoms with E-state index in [1.165, 1.54) is 0 Å². The highest BCUT2D eigenvalue weighted by Gasteiger charge is 2.22. The molecule has 1 unspecified atom stereocenters. The summed E-state index contributed by atoms with van der Waals surface area (Å²) in [5.41, 5.74) is -0.289. The van der Waals surface area contributed by atoms with Gasteiger partial charge in [-0.25, -0.2) is 27.1 Å². The van der Waals surface area contributed by atoms with E-state index in [2.05, 4.69) is 15.4 Å². The number of fused-ring (bicyclic) bond motifs is 1. The van der Waals surface area contributed by atoms with Crippen molar-refractivity contribution in [1.82, 2.24) is 24.5 Å². The van der Waals surface area contributed by atoms with Gasteiger partial charge < -0.3 is 9.88 Å². The van der Waals surface area contributed by atoms with Crippen molar-refractivity contribution in [3.05, 3.63) is 83.6 Å². The molecule has 31 heavy (non-hydrogen) atoms. The number of aromatic nitrogens is 4. The lowest BCUT2D eigenvalue weighted by molar-refractivity contribution is 0.0933. The van der Waals surface area contributed by atoms with Gasteiger partial charge in [0.2, 0.25) is 0 Å². The molecule has 3 heterocycles. The Kier molecular flexibility index (Phi) is 5.45. The number of rotatable bonds is 6. The van der Waals surface area contributed by atoms with Crippen LogP contribution in [-0.4, -0.2) is 25.1 Å². The standard InChI is InChI=1S/C21H17F4N5O/c1-12(13-5-4-6-14(9-13)29-7-2-3-8-29)26-21(31)16-11-18-27-15(19(22)23)10-17(20(24)25)30(18)28-16/h2-12,19-20H,1H3,(H,26,31). The third kappa shape index (κ3) is 4.14. The van der Waals surface area contributed by atoms with Gasteiger partial charge in [-0.2, -0.15) is 5.10 Å². The Labute approximate surface area is 174 Å². The molecule has 4 rings (SSSR count). The Morgan fingerprint density at radius 2 is 1.74 bits per heavy atom. The normalized spacial score (nSPS) is 12.6. The molecule has 1 aromatic carbocycles. The summed E-state index contributed by atoms with van der Waals surface area (Å²) >= 11 is 0. The average molecular weight is 431 g/mol. The van der Waals surface area contributed by atoms with Gasteiger partial charge in [0, 0.05) is 24.1 Å². The minimum absolute atomic E-state index is 0.200. The van der Waals surface area contributed by atoms with E-state index < -0.39 is 36.2 Å². The number of carbonyl (C=O) groups is 1. The number of carbonyl (C=O) groups excluding carboxylic acids is 1. The first-order chi connectivity index (χ1) is 14.8. The second-order valence-corrected chi connectivity index (χ2v) is 6.89. The van der Waals surface area contributed by atoms with E-state index in [4.69, 9.17) is 0 Å². The van der Waals surface area contributed by atoms with Crippen molar-refractivity contribution in [3.63, 3.8) is 0 Å². The third-order valence-corrected chi connectivity index (χ3v) is 4.77. The van der Waals surface area contributed by atoms with Gasteiger partial charge in [0.15, 0.2) is 11.3 Å². The van der Waals surface area contributed by atoms with Crippen LogP contribution in [0.1, 0.15) is 53.3 Å². The van der Waals surface area contributed by atoms with E-state index in [-0.39, 0.29) is 11.3 Å². The lowest BCUT2D eigenvalue weighted by atomic mass is 10.1. The summed E-state index contributed by atoms with van der Waals surface area (Å²) in [4.78, 5) is 16.3. The zero-order valence-electron chi connectivity index (χ0n) is 16.2. The molecule has 0 saturated heterocycles. The van der Waals surface area contributed by atoms with Gasteiger partial charge in [0.25, 0.3) is 18.8 Å². The van der Waals surface area contributed by atoms with Crippen molar-refractivity contribution in [2.75, 3.05) is 0 Å². The van der Waals surface area contributed by atoms with Crippen LogP contribution in [0, 0.1) is 0 Å². The van der Waals surface area contributed by atoms with Crippen LogP contribution < -0.4 is 5.32 Å². The number of halogens is 4. The summed E-state index contributed by atoms with van der Waals surface area (Å²) in [6.07, 6.45) is -2.31. The molecule has 0 spiro atoms. The zero-order chi connectivity index (χ0) is 22.1. The van der Waals surface area contributed by atoms with Gasteiger partial charge in [0.05, 0.1) is 6.04 Å². The summed E-state index contributed by atoms with van der Waals surface area (Å²) in [6.45, 7) is 1.76. The van der Waals surface area contributed by atoms with Crippen LogP contribution in [0.3, 0.4) is 0 Å². The second-order valence-electron chi connectivity index (χ2n) is 6.89.